The second-order valence-corrected chi connectivity index (χ2v) is 8.36. The zero-order valence-corrected chi connectivity index (χ0v) is 18.1. The maximum absolute atomic E-state index is 12.8. The minimum atomic E-state index is -0.133. The molecular weight excluding hydrogens is 406 g/mol. The van der Waals surface area contributed by atoms with Gasteiger partial charge in [-0.25, -0.2) is 0 Å². The van der Waals surface area contributed by atoms with Gasteiger partial charge in [-0.1, -0.05) is 48.6 Å². The Hall–Kier alpha value is -3.22. The highest BCUT2D eigenvalue weighted by Crippen LogP contribution is 2.16. The molecule has 3 aromatic rings. The molecule has 0 unspecified atom stereocenters. The second-order valence-electron chi connectivity index (χ2n) is 7.41. The van der Waals surface area contributed by atoms with Gasteiger partial charge in [-0.2, -0.15) is 0 Å². The van der Waals surface area contributed by atoms with Crippen molar-refractivity contribution in [2.24, 2.45) is 0 Å². The predicted octanol–water partition coefficient (Wildman–Crippen LogP) is 4.47. The van der Waals surface area contributed by atoms with Gasteiger partial charge in [-0.3, -0.25) is 14.5 Å². The third-order valence-corrected chi connectivity index (χ3v) is 6.14. The number of rotatable bonds is 6. The van der Waals surface area contributed by atoms with Crippen LogP contribution in [0.1, 0.15) is 25.6 Å². The van der Waals surface area contributed by atoms with E-state index in [4.69, 9.17) is 0 Å². The molecule has 158 valence electrons. The first kappa shape index (κ1) is 21.0. The van der Waals surface area contributed by atoms with Gasteiger partial charge < -0.3 is 10.2 Å². The summed E-state index contributed by atoms with van der Waals surface area (Å²) in [6.45, 7) is 4.04. The average molecular weight is 432 g/mol. The lowest BCUT2D eigenvalue weighted by molar-refractivity contribution is 0.0650. The maximum Gasteiger partial charge on any atom is 0.265 e. The van der Waals surface area contributed by atoms with E-state index in [0.717, 1.165) is 32.7 Å². The van der Waals surface area contributed by atoms with Gasteiger partial charge in [0.1, 0.15) is 0 Å². The fourth-order valence-electron chi connectivity index (χ4n) is 3.51. The largest absolute Gasteiger partial charge is 0.336 e. The van der Waals surface area contributed by atoms with Gasteiger partial charge in [-0.05, 0) is 41.3 Å². The zero-order valence-electron chi connectivity index (χ0n) is 17.2. The summed E-state index contributed by atoms with van der Waals surface area (Å²) in [5, 5.41) is 4.73. The van der Waals surface area contributed by atoms with Gasteiger partial charge >= 0.3 is 0 Å². The molecule has 1 aromatic heterocycles. The molecule has 1 aliphatic rings. The topological polar surface area (TPSA) is 52.7 Å². The highest BCUT2D eigenvalue weighted by Gasteiger charge is 2.21. The van der Waals surface area contributed by atoms with Crippen molar-refractivity contribution in [2.75, 3.05) is 38.0 Å². The Morgan fingerprint density at radius 2 is 1.65 bits per heavy atom. The van der Waals surface area contributed by atoms with Crippen LogP contribution in [0.5, 0.6) is 0 Å². The van der Waals surface area contributed by atoms with Crippen molar-refractivity contribution in [3.8, 4) is 0 Å². The summed E-state index contributed by atoms with van der Waals surface area (Å²) >= 11 is 1.40. The van der Waals surface area contributed by atoms with Gasteiger partial charge in [0, 0.05) is 44.0 Å². The molecule has 1 saturated heterocycles. The molecule has 0 atom stereocenters. The van der Waals surface area contributed by atoms with Crippen molar-refractivity contribution in [1.29, 1.82) is 0 Å². The van der Waals surface area contributed by atoms with Crippen LogP contribution in [0.25, 0.3) is 6.08 Å². The molecule has 1 N–H and O–H groups in total. The molecule has 0 saturated carbocycles. The van der Waals surface area contributed by atoms with Crippen molar-refractivity contribution in [3.05, 3.63) is 94.2 Å². The third kappa shape index (κ3) is 5.69. The number of thiophene rings is 1. The van der Waals surface area contributed by atoms with Gasteiger partial charge in [0.05, 0.1) is 4.88 Å². The normalized spacial score (nSPS) is 14.6. The first-order chi connectivity index (χ1) is 15.2. The Balaban J connectivity index is 1.25. The number of nitrogens with one attached hydrogen (secondary N) is 1. The first-order valence-corrected chi connectivity index (χ1v) is 11.3. The molecule has 2 aromatic carbocycles. The van der Waals surface area contributed by atoms with E-state index in [9.17, 15) is 9.59 Å². The van der Waals surface area contributed by atoms with E-state index >= 15 is 0 Å². The molecule has 0 spiro atoms. The van der Waals surface area contributed by atoms with Crippen molar-refractivity contribution < 1.29 is 9.59 Å². The lowest BCUT2D eigenvalue weighted by atomic mass is 10.1. The summed E-state index contributed by atoms with van der Waals surface area (Å²) < 4.78 is 0. The number of piperazine rings is 1. The number of nitrogens with zero attached hydrogens (tertiary/aromatic N) is 2. The zero-order chi connectivity index (χ0) is 21.5. The Morgan fingerprint density at radius 3 is 2.32 bits per heavy atom. The SMILES string of the molecule is O=C(Nc1ccc(C(=O)N2CCN(C/C=C/c3ccccc3)CC2)cc1)c1cccs1. The van der Waals surface area contributed by atoms with E-state index in [1.807, 2.05) is 34.5 Å². The molecule has 1 aliphatic heterocycles. The minimum absolute atomic E-state index is 0.0376. The van der Waals surface area contributed by atoms with E-state index in [1.165, 1.54) is 16.9 Å². The lowest BCUT2D eigenvalue weighted by Crippen LogP contribution is -2.48. The monoisotopic (exact) mass is 431 g/mol. The number of carbonyl (C=O) groups excluding carboxylic acids is 2. The number of hydrogen-bond acceptors (Lipinski definition) is 4. The summed E-state index contributed by atoms with van der Waals surface area (Å²) in [7, 11) is 0. The highest BCUT2D eigenvalue weighted by molar-refractivity contribution is 7.12. The number of amides is 2. The van der Waals surface area contributed by atoms with Crippen LogP contribution in [-0.2, 0) is 0 Å². The van der Waals surface area contributed by atoms with Gasteiger partial charge in [0.2, 0.25) is 0 Å². The summed E-state index contributed by atoms with van der Waals surface area (Å²) in [6, 6.07) is 21.0. The Morgan fingerprint density at radius 1 is 0.903 bits per heavy atom. The molecule has 0 radical (unpaired) electrons. The van der Waals surface area contributed by atoms with Gasteiger partial charge in [0.15, 0.2) is 0 Å². The summed E-state index contributed by atoms with van der Waals surface area (Å²) in [6.07, 6.45) is 4.31. The standard InChI is InChI=1S/C25H25N3O2S/c29-24(23-9-5-19-31-23)26-22-12-10-21(11-13-22)25(30)28-17-15-27(16-18-28)14-4-8-20-6-2-1-3-7-20/h1-13,19H,14-18H2,(H,26,29)/b8-4+. The van der Waals surface area contributed by atoms with Crippen molar-refractivity contribution in [1.82, 2.24) is 9.80 Å². The summed E-state index contributed by atoms with van der Waals surface area (Å²) in [5.74, 6) is -0.0953. The molecule has 5 nitrogen and oxygen atoms in total. The van der Waals surface area contributed by atoms with E-state index in [2.05, 4.69) is 34.5 Å². The minimum Gasteiger partial charge on any atom is -0.336 e. The van der Waals surface area contributed by atoms with Crippen molar-refractivity contribution in [3.63, 3.8) is 0 Å². The van der Waals surface area contributed by atoms with Crippen molar-refractivity contribution in [2.45, 2.75) is 0 Å². The second kappa shape index (κ2) is 10.2. The van der Waals surface area contributed by atoms with Crippen LogP contribution < -0.4 is 5.32 Å². The summed E-state index contributed by atoms with van der Waals surface area (Å²) in [5.41, 5.74) is 2.53. The molecular formula is C25H25N3O2S. The van der Waals surface area contributed by atoms with Crippen LogP contribution in [0.2, 0.25) is 0 Å². The van der Waals surface area contributed by atoms with E-state index in [-0.39, 0.29) is 11.8 Å². The van der Waals surface area contributed by atoms with Crippen molar-refractivity contribution >= 4 is 34.9 Å². The van der Waals surface area contributed by atoms with Gasteiger partial charge in [0.25, 0.3) is 11.8 Å². The molecule has 4 rings (SSSR count). The Labute approximate surface area is 186 Å². The number of hydrogen-bond donors (Lipinski definition) is 1. The Kier molecular flexibility index (Phi) is 6.92. The van der Waals surface area contributed by atoms with Crippen LogP contribution in [0.3, 0.4) is 0 Å². The Bertz CT molecular complexity index is 1020. The number of benzene rings is 2. The molecule has 0 aliphatic carbocycles. The van der Waals surface area contributed by atoms with E-state index < -0.39 is 0 Å². The van der Waals surface area contributed by atoms with E-state index in [1.54, 1.807) is 30.3 Å². The fraction of sp³-hybridized carbons (Fsp3) is 0.200. The average Bonchev–Trinajstić information content (AvgIpc) is 3.36. The third-order valence-electron chi connectivity index (χ3n) is 5.27. The van der Waals surface area contributed by atoms with Crippen LogP contribution >= 0.6 is 11.3 Å². The van der Waals surface area contributed by atoms with Gasteiger partial charge in [-0.15, -0.1) is 11.3 Å². The number of carbonyl (C=O) groups is 2. The van der Waals surface area contributed by atoms with Crippen LogP contribution in [0.15, 0.2) is 78.2 Å². The molecule has 2 heterocycles. The number of anilines is 1. The molecule has 1 fully saturated rings. The van der Waals surface area contributed by atoms with Crippen LogP contribution in [0, 0.1) is 0 Å². The smallest absolute Gasteiger partial charge is 0.265 e. The first-order valence-electron chi connectivity index (χ1n) is 10.4. The van der Waals surface area contributed by atoms with Crippen LogP contribution in [0.4, 0.5) is 5.69 Å². The lowest BCUT2D eigenvalue weighted by Gasteiger charge is -2.34. The molecule has 2 amide bonds. The quantitative estimate of drug-likeness (QED) is 0.626. The molecule has 31 heavy (non-hydrogen) atoms. The highest BCUT2D eigenvalue weighted by atomic mass is 32.1. The fourth-order valence-corrected chi connectivity index (χ4v) is 4.13. The van der Waals surface area contributed by atoms with Crippen LogP contribution in [-0.4, -0.2) is 54.3 Å². The molecule has 0 bridgehead atoms. The molecule has 6 heteroatoms. The van der Waals surface area contributed by atoms with E-state index in [0.29, 0.717) is 16.1 Å². The predicted molar refractivity (Wildman–Crippen MR) is 127 cm³/mol. The maximum atomic E-state index is 12.8. The summed E-state index contributed by atoms with van der Waals surface area (Å²) in [4.78, 5) is 29.9.